The second-order valence-corrected chi connectivity index (χ2v) is 7.07. The molecule has 0 spiro atoms. The molecule has 7 heteroatoms. The van der Waals surface area contributed by atoms with Gasteiger partial charge in [0.1, 0.15) is 13.3 Å². The van der Waals surface area contributed by atoms with Gasteiger partial charge in [0.2, 0.25) is 11.8 Å². The monoisotopic (exact) mass is 334 g/mol. The van der Waals surface area contributed by atoms with Crippen molar-refractivity contribution in [3.8, 4) is 0 Å². The van der Waals surface area contributed by atoms with E-state index in [2.05, 4.69) is 13.8 Å². The van der Waals surface area contributed by atoms with Crippen molar-refractivity contribution in [2.75, 3.05) is 13.1 Å². The molecule has 2 aliphatic rings. The number of hydrogen-bond donors (Lipinski definition) is 0. The van der Waals surface area contributed by atoms with Crippen LogP contribution >= 0.6 is 0 Å². The molecule has 2 amide bonds. The molecule has 1 aromatic rings. The highest BCUT2D eigenvalue weighted by molar-refractivity contribution is 5.78. The van der Waals surface area contributed by atoms with E-state index in [4.69, 9.17) is 0 Å². The van der Waals surface area contributed by atoms with Crippen LogP contribution in [0, 0.1) is 6.92 Å². The van der Waals surface area contributed by atoms with Crippen molar-refractivity contribution >= 4 is 11.8 Å². The zero-order valence-electron chi connectivity index (χ0n) is 14.7. The third kappa shape index (κ3) is 2.87. The standard InChI is InChI=1S/C17H26N4O3/c1-12(2)16-13(3)17(24)21(11-19-9-5-7-15(19)23)20(16)10-18-8-4-6-14(18)22/h12H,4-11H2,1-3H3. The van der Waals surface area contributed by atoms with E-state index in [1.165, 1.54) is 0 Å². The van der Waals surface area contributed by atoms with Crippen molar-refractivity contribution in [2.24, 2.45) is 0 Å². The number of carbonyl (C=O) groups excluding carboxylic acids is 2. The van der Waals surface area contributed by atoms with Gasteiger partial charge < -0.3 is 9.80 Å². The predicted molar refractivity (Wildman–Crippen MR) is 89.4 cm³/mol. The van der Waals surface area contributed by atoms with Crippen molar-refractivity contribution < 1.29 is 9.59 Å². The number of rotatable bonds is 5. The summed E-state index contributed by atoms with van der Waals surface area (Å²) >= 11 is 0. The van der Waals surface area contributed by atoms with Crippen LogP contribution in [0.5, 0.6) is 0 Å². The molecule has 2 aliphatic heterocycles. The SMILES string of the molecule is Cc1c(C(C)C)n(CN2CCCC2=O)n(CN2CCCC2=O)c1=O. The van der Waals surface area contributed by atoms with E-state index in [0.29, 0.717) is 31.6 Å². The minimum atomic E-state index is -0.0648. The van der Waals surface area contributed by atoms with Crippen LogP contribution in [0.1, 0.15) is 56.7 Å². The molecule has 0 N–H and O–H groups in total. The molecule has 24 heavy (non-hydrogen) atoms. The van der Waals surface area contributed by atoms with Gasteiger partial charge in [0.05, 0.1) is 0 Å². The molecule has 7 nitrogen and oxygen atoms in total. The summed E-state index contributed by atoms with van der Waals surface area (Å²) in [4.78, 5) is 40.3. The molecule has 0 saturated carbocycles. The van der Waals surface area contributed by atoms with Gasteiger partial charge in [0.25, 0.3) is 5.56 Å². The maximum Gasteiger partial charge on any atom is 0.271 e. The van der Waals surface area contributed by atoms with E-state index in [1.807, 2.05) is 11.6 Å². The molecular formula is C17H26N4O3. The Bertz CT molecular complexity index is 716. The maximum absolute atomic E-state index is 12.8. The first-order chi connectivity index (χ1) is 11.4. The molecule has 2 fully saturated rings. The largest absolute Gasteiger partial charge is 0.323 e. The Hall–Kier alpha value is -2.05. The lowest BCUT2D eigenvalue weighted by Crippen LogP contribution is -2.38. The van der Waals surface area contributed by atoms with Gasteiger partial charge in [-0.15, -0.1) is 0 Å². The van der Waals surface area contributed by atoms with Crippen LogP contribution in [0.2, 0.25) is 0 Å². The minimum absolute atomic E-state index is 0.0648. The van der Waals surface area contributed by atoms with Crippen molar-refractivity contribution in [3.05, 3.63) is 21.6 Å². The van der Waals surface area contributed by atoms with Gasteiger partial charge >= 0.3 is 0 Å². The van der Waals surface area contributed by atoms with Gasteiger partial charge in [-0.1, -0.05) is 13.8 Å². The quantitative estimate of drug-likeness (QED) is 0.814. The van der Waals surface area contributed by atoms with E-state index in [1.54, 1.807) is 14.5 Å². The Morgan fingerprint density at radius 3 is 1.79 bits per heavy atom. The van der Waals surface area contributed by atoms with Crippen LogP contribution in [-0.4, -0.2) is 44.1 Å². The van der Waals surface area contributed by atoms with E-state index in [0.717, 1.165) is 25.1 Å². The number of hydrogen-bond acceptors (Lipinski definition) is 3. The van der Waals surface area contributed by atoms with Gasteiger partial charge in [-0.25, -0.2) is 4.68 Å². The molecule has 0 bridgehead atoms. The summed E-state index contributed by atoms with van der Waals surface area (Å²) < 4.78 is 3.55. The normalized spacial score (nSPS) is 18.5. The highest BCUT2D eigenvalue weighted by Crippen LogP contribution is 2.21. The fourth-order valence-corrected chi connectivity index (χ4v) is 3.79. The lowest BCUT2D eigenvalue weighted by molar-refractivity contribution is -0.131. The molecule has 0 unspecified atom stereocenters. The Morgan fingerprint density at radius 2 is 1.38 bits per heavy atom. The molecule has 132 valence electrons. The summed E-state index contributed by atoms with van der Waals surface area (Å²) in [7, 11) is 0. The summed E-state index contributed by atoms with van der Waals surface area (Å²) in [5.74, 6) is 0.397. The smallest absolute Gasteiger partial charge is 0.271 e. The zero-order valence-corrected chi connectivity index (χ0v) is 14.7. The number of amides is 2. The Morgan fingerprint density at radius 1 is 0.875 bits per heavy atom. The molecule has 0 aliphatic carbocycles. The van der Waals surface area contributed by atoms with Gasteiger partial charge in [-0.2, -0.15) is 0 Å². The van der Waals surface area contributed by atoms with Crippen molar-refractivity contribution in [1.29, 1.82) is 0 Å². The van der Waals surface area contributed by atoms with Crippen LogP contribution in [0.4, 0.5) is 0 Å². The lowest BCUT2D eigenvalue weighted by atomic mass is 10.1. The lowest BCUT2D eigenvalue weighted by Gasteiger charge is -2.25. The summed E-state index contributed by atoms with van der Waals surface area (Å²) in [6, 6.07) is 0. The number of carbonyl (C=O) groups is 2. The van der Waals surface area contributed by atoms with E-state index < -0.39 is 0 Å². The fourth-order valence-electron chi connectivity index (χ4n) is 3.79. The van der Waals surface area contributed by atoms with Gasteiger partial charge in [0.15, 0.2) is 0 Å². The van der Waals surface area contributed by atoms with E-state index in [-0.39, 0.29) is 30.0 Å². The molecule has 1 aromatic heterocycles. The third-order valence-corrected chi connectivity index (χ3v) is 5.01. The predicted octanol–water partition coefficient (Wildman–Crippen LogP) is 1.24. The van der Waals surface area contributed by atoms with Crippen molar-refractivity contribution in [2.45, 2.75) is 65.7 Å². The topological polar surface area (TPSA) is 67.6 Å². The van der Waals surface area contributed by atoms with Gasteiger partial charge in [-0.3, -0.25) is 19.1 Å². The fraction of sp³-hybridized carbons (Fsp3) is 0.706. The molecular weight excluding hydrogens is 308 g/mol. The number of nitrogens with zero attached hydrogens (tertiary/aromatic N) is 4. The van der Waals surface area contributed by atoms with Gasteiger partial charge in [0, 0.05) is 37.2 Å². The number of likely N-dealkylation sites (tertiary alicyclic amines) is 2. The average Bonchev–Trinajstić information content (AvgIpc) is 3.17. The first kappa shape index (κ1) is 16.8. The van der Waals surface area contributed by atoms with Crippen LogP contribution in [0.25, 0.3) is 0 Å². The van der Waals surface area contributed by atoms with Crippen LogP contribution in [-0.2, 0) is 22.9 Å². The van der Waals surface area contributed by atoms with Crippen LogP contribution < -0.4 is 5.56 Å². The maximum atomic E-state index is 12.8. The average molecular weight is 334 g/mol. The second kappa shape index (κ2) is 6.45. The minimum Gasteiger partial charge on any atom is -0.323 e. The zero-order chi connectivity index (χ0) is 17.4. The second-order valence-electron chi connectivity index (χ2n) is 7.07. The molecule has 3 rings (SSSR count). The first-order valence-electron chi connectivity index (χ1n) is 8.75. The molecule has 3 heterocycles. The third-order valence-electron chi connectivity index (χ3n) is 5.01. The highest BCUT2D eigenvalue weighted by Gasteiger charge is 2.28. The summed E-state index contributed by atoms with van der Waals surface area (Å²) in [5.41, 5.74) is 1.60. The molecule has 0 aromatic carbocycles. The Kier molecular flexibility index (Phi) is 4.51. The highest BCUT2D eigenvalue weighted by atomic mass is 16.2. The number of aromatic nitrogens is 2. The van der Waals surface area contributed by atoms with Crippen molar-refractivity contribution in [1.82, 2.24) is 19.2 Å². The summed E-state index contributed by atoms with van der Waals surface area (Å²) in [5, 5.41) is 0. The molecule has 0 atom stereocenters. The molecule has 2 saturated heterocycles. The Balaban J connectivity index is 1.99. The summed E-state index contributed by atoms with van der Waals surface area (Å²) in [6.45, 7) is 8.01. The molecule has 0 radical (unpaired) electrons. The summed E-state index contributed by atoms with van der Waals surface area (Å²) in [6.07, 6.45) is 2.84. The van der Waals surface area contributed by atoms with Gasteiger partial charge in [-0.05, 0) is 25.7 Å². The Labute approximate surface area is 141 Å². The first-order valence-corrected chi connectivity index (χ1v) is 8.75. The van der Waals surface area contributed by atoms with Crippen LogP contribution in [0.15, 0.2) is 4.79 Å². The van der Waals surface area contributed by atoms with Crippen molar-refractivity contribution in [3.63, 3.8) is 0 Å². The van der Waals surface area contributed by atoms with E-state index >= 15 is 0 Å². The van der Waals surface area contributed by atoms with Crippen LogP contribution in [0.3, 0.4) is 0 Å². The van der Waals surface area contributed by atoms with E-state index in [9.17, 15) is 14.4 Å².